The normalized spacial score (nSPS) is 19.7. The number of nitrogens with zero attached hydrogens (tertiary/aromatic N) is 1. The molecule has 0 saturated carbocycles. The lowest BCUT2D eigenvalue weighted by molar-refractivity contribution is 0.00578. The van der Waals surface area contributed by atoms with Gasteiger partial charge in [0.15, 0.2) is 0 Å². The first-order valence-electron chi connectivity index (χ1n) is 12.8. The Morgan fingerprint density at radius 3 is 1.41 bits per heavy atom. The minimum Gasteiger partial charge on any atom is -0.534 e. The molecule has 0 atom stereocenters. The quantitative estimate of drug-likeness (QED) is 0.419. The van der Waals surface area contributed by atoms with Gasteiger partial charge in [-0.25, -0.2) is 0 Å². The van der Waals surface area contributed by atoms with Crippen LogP contribution >= 0.6 is 0 Å². The van der Waals surface area contributed by atoms with Crippen LogP contribution in [0.2, 0.25) is 0 Å². The van der Waals surface area contributed by atoms with Gasteiger partial charge < -0.3 is 23.5 Å². The molecular weight excluding hydrogens is 460 g/mol. The highest BCUT2D eigenvalue weighted by molar-refractivity contribution is 6.62. The number of aryl methyl sites for hydroxylation is 1. The van der Waals surface area contributed by atoms with Crippen LogP contribution in [0.25, 0.3) is 0 Å². The van der Waals surface area contributed by atoms with Crippen molar-refractivity contribution in [3.8, 4) is 0 Å². The van der Waals surface area contributed by atoms with E-state index in [9.17, 15) is 0 Å². The molecule has 190 valence electrons. The maximum atomic E-state index is 6.25. The third-order valence-corrected chi connectivity index (χ3v) is 7.71. The summed E-state index contributed by atoms with van der Waals surface area (Å²) in [6.07, 6.45) is 0. The third kappa shape index (κ3) is 4.84. The molecule has 0 bridgehead atoms. The van der Waals surface area contributed by atoms with E-state index in [1.807, 2.05) is 13.8 Å². The fourth-order valence-electron chi connectivity index (χ4n) is 4.45. The molecule has 0 unspecified atom stereocenters. The highest BCUT2D eigenvalue weighted by Crippen LogP contribution is 2.38. The van der Waals surface area contributed by atoms with E-state index in [-0.39, 0.29) is 11.2 Å². The van der Waals surface area contributed by atoms with Gasteiger partial charge in [0.2, 0.25) is 0 Å². The van der Waals surface area contributed by atoms with Crippen molar-refractivity contribution in [3.05, 3.63) is 90.7 Å². The zero-order valence-corrected chi connectivity index (χ0v) is 22.9. The van der Waals surface area contributed by atoms with Crippen molar-refractivity contribution in [3.63, 3.8) is 0 Å². The van der Waals surface area contributed by atoms with Crippen molar-refractivity contribution in [2.24, 2.45) is 0 Å². The maximum Gasteiger partial charge on any atom is 0.563 e. The monoisotopic (exact) mass is 495 g/mol. The molecular formula is C30H35B2NO4. The summed E-state index contributed by atoms with van der Waals surface area (Å²) in [5, 5.41) is 0. The number of anilines is 3. The first-order valence-corrected chi connectivity index (χ1v) is 12.8. The predicted molar refractivity (Wildman–Crippen MR) is 152 cm³/mol. The van der Waals surface area contributed by atoms with E-state index in [0.29, 0.717) is 5.76 Å². The van der Waals surface area contributed by atoms with Crippen LogP contribution in [0.1, 0.15) is 47.1 Å². The largest absolute Gasteiger partial charge is 0.563 e. The van der Waals surface area contributed by atoms with Crippen molar-refractivity contribution in [2.75, 3.05) is 4.90 Å². The van der Waals surface area contributed by atoms with Crippen molar-refractivity contribution in [2.45, 2.75) is 65.3 Å². The Labute approximate surface area is 221 Å². The van der Waals surface area contributed by atoms with E-state index in [1.54, 1.807) is 0 Å². The SMILES string of the molecule is C=C1OB(c2ccc(N(c3ccc(C)cc3)c3ccc(B4OC(C)(C)C(C)(C)O4)cc3)cc2)OC1(C)C. The van der Waals surface area contributed by atoms with Gasteiger partial charge in [-0.05, 0) is 95.8 Å². The van der Waals surface area contributed by atoms with Crippen molar-refractivity contribution in [1.29, 1.82) is 0 Å². The van der Waals surface area contributed by atoms with E-state index in [1.165, 1.54) is 5.56 Å². The zero-order chi connectivity index (χ0) is 26.6. The average Bonchev–Trinajstić information content (AvgIpc) is 3.25. The minimum absolute atomic E-state index is 0.375. The Morgan fingerprint density at radius 2 is 1.00 bits per heavy atom. The molecule has 0 amide bonds. The lowest BCUT2D eigenvalue weighted by Crippen LogP contribution is -2.41. The summed E-state index contributed by atoms with van der Waals surface area (Å²) in [6, 6.07) is 25.2. The second kappa shape index (κ2) is 9.09. The molecule has 2 aliphatic rings. The van der Waals surface area contributed by atoms with Crippen LogP contribution in [0.5, 0.6) is 0 Å². The zero-order valence-electron chi connectivity index (χ0n) is 22.9. The lowest BCUT2D eigenvalue weighted by atomic mass is 9.79. The van der Waals surface area contributed by atoms with Crippen molar-refractivity contribution >= 4 is 42.2 Å². The summed E-state index contributed by atoms with van der Waals surface area (Å²) in [4.78, 5) is 2.23. The van der Waals surface area contributed by atoms with Crippen LogP contribution < -0.4 is 15.8 Å². The van der Waals surface area contributed by atoms with Crippen LogP contribution in [0.15, 0.2) is 85.1 Å². The van der Waals surface area contributed by atoms with Crippen molar-refractivity contribution in [1.82, 2.24) is 0 Å². The van der Waals surface area contributed by atoms with Gasteiger partial charge in [0.1, 0.15) is 5.60 Å². The molecule has 37 heavy (non-hydrogen) atoms. The fourth-order valence-corrected chi connectivity index (χ4v) is 4.45. The Kier molecular flexibility index (Phi) is 6.30. The Hall–Kier alpha value is -2.99. The van der Waals surface area contributed by atoms with E-state index < -0.39 is 19.8 Å². The van der Waals surface area contributed by atoms with Crippen LogP contribution in [0.4, 0.5) is 17.1 Å². The smallest absolute Gasteiger partial charge is 0.534 e. The van der Waals surface area contributed by atoms with Gasteiger partial charge in [0.05, 0.1) is 17.0 Å². The molecule has 3 aromatic carbocycles. The summed E-state index contributed by atoms with van der Waals surface area (Å²) in [5.41, 5.74) is 5.07. The fraction of sp³-hybridized carbons (Fsp3) is 0.333. The molecule has 2 heterocycles. The van der Waals surface area contributed by atoms with Gasteiger partial charge in [-0.2, -0.15) is 0 Å². The van der Waals surface area contributed by atoms with Gasteiger partial charge in [0, 0.05) is 17.1 Å². The summed E-state index contributed by atoms with van der Waals surface area (Å²) in [5.74, 6) is 0.643. The van der Waals surface area contributed by atoms with E-state index in [4.69, 9.17) is 18.6 Å². The molecule has 2 aliphatic heterocycles. The molecule has 0 aromatic heterocycles. The molecule has 0 spiro atoms. The van der Waals surface area contributed by atoms with Gasteiger partial charge in [-0.3, -0.25) is 0 Å². The van der Waals surface area contributed by atoms with E-state index in [0.717, 1.165) is 28.0 Å². The molecule has 5 rings (SSSR count). The topological polar surface area (TPSA) is 40.2 Å². The number of benzene rings is 3. The summed E-state index contributed by atoms with van der Waals surface area (Å²) < 4.78 is 24.4. The first-order chi connectivity index (χ1) is 17.4. The Morgan fingerprint density at radius 1 is 0.595 bits per heavy atom. The molecule has 2 saturated heterocycles. The van der Waals surface area contributed by atoms with Crippen LogP contribution in [-0.4, -0.2) is 31.0 Å². The second-order valence-corrected chi connectivity index (χ2v) is 11.4. The number of hydrogen-bond donors (Lipinski definition) is 0. The number of hydrogen-bond acceptors (Lipinski definition) is 5. The van der Waals surface area contributed by atoms with Gasteiger partial charge in [-0.1, -0.05) is 48.5 Å². The Bertz CT molecular complexity index is 1270. The van der Waals surface area contributed by atoms with E-state index in [2.05, 4.69) is 119 Å². The number of rotatable bonds is 5. The van der Waals surface area contributed by atoms with Gasteiger partial charge in [-0.15, -0.1) is 0 Å². The highest BCUT2D eigenvalue weighted by atomic mass is 16.7. The summed E-state index contributed by atoms with van der Waals surface area (Å²) in [6.45, 7) is 18.3. The van der Waals surface area contributed by atoms with Crippen LogP contribution in [0.3, 0.4) is 0 Å². The predicted octanol–water partition coefficient (Wildman–Crippen LogP) is 5.80. The molecule has 0 N–H and O–H groups in total. The highest BCUT2D eigenvalue weighted by Gasteiger charge is 2.51. The maximum absolute atomic E-state index is 6.25. The van der Waals surface area contributed by atoms with Crippen LogP contribution in [-0.2, 0) is 18.6 Å². The lowest BCUT2D eigenvalue weighted by Gasteiger charge is -2.32. The van der Waals surface area contributed by atoms with Crippen LogP contribution in [0, 0.1) is 6.92 Å². The van der Waals surface area contributed by atoms with Gasteiger partial charge in [0.25, 0.3) is 0 Å². The van der Waals surface area contributed by atoms with E-state index >= 15 is 0 Å². The molecule has 0 aliphatic carbocycles. The summed E-state index contributed by atoms with van der Waals surface area (Å²) in [7, 11) is -0.847. The minimum atomic E-state index is -0.504. The van der Waals surface area contributed by atoms with Crippen molar-refractivity contribution < 1.29 is 18.6 Å². The Balaban J connectivity index is 1.45. The second-order valence-electron chi connectivity index (χ2n) is 11.4. The average molecular weight is 495 g/mol. The molecule has 3 aromatic rings. The van der Waals surface area contributed by atoms with Gasteiger partial charge >= 0.3 is 14.2 Å². The molecule has 2 fully saturated rings. The first kappa shape index (κ1) is 25.7. The standard InChI is InChI=1S/C30H35B2NO4/c1-21-9-15-25(16-10-21)33(26-17-11-23(12-18-26)31-34-22(2)28(3,4)35-31)27-19-13-24(14-20-27)32-36-29(5,6)30(7,8)37-32/h9-20H,2H2,1,3-8H3. The molecule has 0 radical (unpaired) electrons. The molecule has 7 heteroatoms. The molecule has 5 nitrogen and oxygen atoms in total. The third-order valence-electron chi connectivity index (χ3n) is 7.71. The summed E-state index contributed by atoms with van der Waals surface area (Å²) >= 11 is 0.